The summed E-state index contributed by atoms with van der Waals surface area (Å²) in [5.74, 6) is 0. The van der Waals surface area contributed by atoms with E-state index in [2.05, 4.69) is 4.74 Å². The van der Waals surface area contributed by atoms with Crippen LogP contribution < -0.4 is 4.72 Å². The van der Waals surface area contributed by atoms with Gasteiger partial charge in [-0.3, -0.25) is 0 Å². The number of hydrogen-bond acceptors (Lipinski definition) is 3. The lowest BCUT2D eigenvalue weighted by Crippen LogP contribution is -2.29. The van der Waals surface area contributed by atoms with Gasteiger partial charge in [0.25, 0.3) is 0 Å². The van der Waals surface area contributed by atoms with E-state index in [1.165, 1.54) is 13.2 Å². The molecule has 18 heavy (non-hydrogen) atoms. The first-order valence-electron chi connectivity index (χ1n) is 4.94. The van der Waals surface area contributed by atoms with E-state index in [-0.39, 0.29) is 13.2 Å². The average Bonchev–Trinajstić information content (AvgIpc) is 2.28. The number of halogens is 3. The molecule has 0 aliphatic carbocycles. The highest BCUT2D eigenvalue weighted by Gasteiger charge is 2.36. The SMILES string of the molecule is COCCNS(=O)(=O)c1ccccc1C(F)(F)F. The van der Waals surface area contributed by atoms with Gasteiger partial charge < -0.3 is 4.74 Å². The molecule has 0 bridgehead atoms. The number of alkyl halides is 3. The molecule has 1 aromatic rings. The van der Waals surface area contributed by atoms with Gasteiger partial charge in [0.2, 0.25) is 10.0 Å². The van der Waals surface area contributed by atoms with Crippen molar-refractivity contribution < 1.29 is 26.3 Å². The van der Waals surface area contributed by atoms with Crippen molar-refractivity contribution in [3.05, 3.63) is 29.8 Å². The molecule has 0 aliphatic rings. The van der Waals surface area contributed by atoms with Crippen LogP contribution in [0.15, 0.2) is 29.2 Å². The maximum atomic E-state index is 12.7. The quantitative estimate of drug-likeness (QED) is 0.836. The Kier molecular flexibility index (Phi) is 4.71. The molecule has 0 fully saturated rings. The molecule has 0 heterocycles. The van der Waals surface area contributed by atoms with E-state index in [1.54, 1.807) is 0 Å². The van der Waals surface area contributed by atoms with Gasteiger partial charge in [0.05, 0.1) is 17.1 Å². The van der Waals surface area contributed by atoms with Crippen molar-refractivity contribution in [1.82, 2.24) is 4.72 Å². The third kappa shape index (κ3) is 3.69. The first-order chi connectivity index (χ1) is 8.29. The first-order valence-corrected chi connectivity index (χ1v) is 6.42. The van der Waals surface area contributed by atoms with E-state index in [9.17, 15) is 21.6 Å². The topological polar surface area (TPSA) is 55.4 Å². The van der Waals surface area contributed by atoms with Gasteiger partial charge in [-0.2, -0.15) is 13.2 Å². The number of nitrogens with one attached hydrogen (secondary N) is 1. The minimum Gasteiger partial charge on any atom is -0.383 e. The van der Waals surface area contributed by atoms with Gasteiger partial charge in [-0.05, 0) is 12.1 Å². The second-order valence-electron chi connectivity index (χ2n) is 3.38. The molecular formula is C10H12F3NO3S. The number of rotatable bonds is 5. The second kappa shape index (κ2) is 5.68. The van der Waals surface area contributed by atoms with Gasteiger partial charge in [-0.1, -0.05) is 12.1 Å². The van der Waals surface area contributed by atoms with Crippen LogP contribution in [0.3, 0.4) is 0 Å². The van der Waals surface area contributed by atoms with Crippen molar-refractivity contribution in [3.8, 4) is 0 Å². The second-order valence-corrected chi connectivity index (χ2v) is 5.12. The largest absolute Gasteiger partial charge is 0.417 e. The zero-order valence-corrected chi connectivity index (χ0v) is 10.3. The van der Waals surface area contributed by atoms with Gasteiger partial charge in [0.15, 0.2) is 0 Å². The summed E-state index contributed by atoms with van der Waals surface area (Å²) in [7, 11) is -2.84. The highest BCUT2D eigenvalue weighted by atomic mass is 32.2. The Morgan fingerprint density at radius 3 is 2.44 bits per heavy atom. The normalized spacial score (nSPS) is 12.7. The molecule has 102 valence electrons. The van der Waals surface area contributed by atoms with Gasteiger partial charge in [0.1, 0.15) is 0 Å². The Hall–Kier alpha value is -1.12. The number of benzene rings is 1. The van der Waals surface area contributed by atoms with E-state index in [1.807, 2.05) is 4.72 Å². The highest BCUT2D eigenvalue weighted by Crippen LogP contribution is 2.33. The Morgan fingerprint density at radius 1 is 1.28 bits per heavy atom. The number of sulfonamides is 1. The fourth-order valence-electron chi connectivity index (χ4n) is 1.29. The molecule has 0 saturated heterocycles. The maximum absolute atomic E-state index is 12.7. The molecule has 0 aromatic heterocycles. The Morgan fingerprint density at radius 2 is 1.89 bits per heavy atom. The zero-order valence-electron chi connectivity index (χ0n) is 9.49. The van der Waals surface area contributed by atoms with E-state index >= 15 is 0 Å². The van der Waals surface area contributed by atoms with Gasteiger partial charge in [-0.15, -0.1) is 0 Å². The lowest BCUT2D eigenvalue weighted by Gasteiger charge is -2.13. The summed E-state index contributed by atoms with van der Waals surface area (Å²) >= 11 is 0. The van der Waals surface area contributed by atoms with E-state index in [4.69, 9.17) is 0 Å². The fraction of sp³-hybridized carbons (Fsp3) is 0.400. The van der Waals surface area contributed by atoms with Crippen molar-refractivity contribution >= 4 is 10.0 Å². The molecule has 0 saturated carbocycles. The van der Waals surface area contributed by atoms with Crippen LogP contribution in [0.2, 0.25) is 0 Å². The molecule has 4 nitrogen and oxygen atoms in total. The predicted octanol–water partition coefficient (Wildman–Crippen LogP) is 1.63. The highest BCUT2D eigenvalue weighted by molar-refractivity contribution is 7.89. The molecule has 0 aliphatic heterocycles. The predicted molar refractivity (Wildman–Crippen MR) is 58.5 cm³/mol. The standard InChI is InChI=1S/C10H12F3NO3S/c1-17-7-6-14-18(15,16)9-5-3-2-4-8(9)10(11,12)13/h2-5,14H,6-7H2,1H3. The lowest BCUT2D eigenvalue weighted by molar-refractivity contribution is -0.139. The van der Waals surface area contributed by atoms with Crippen molar-refractivity contribution in [2.75, 3.05) is 20.3 Å². The summed E-state index contributed by atoms with van der Waals surface area (Å²) in [6, 6.07) is 4.01. The number of methoxy groups -OCH3 is 1. The van der Waals surface area contributed by atoms with Crippen LogP contribution in [0, 0.1) is 0 Å². The minimum atomic E-state index is -4.72. The minimum absolute atomic E-state index is 0.0768. The molecule has 1 rings (SSSR count). The maximum Gasteiger partial charge on any atom is 0.417 e. The van der Waals surface area contributed by atoms with Crippen LogP contribution in [-0.2, 0) is 20.9 Å². The molecule has 0 atom stereocenters. The summed E-state index contributed by atoms with van der Waals surface area (Å²) in [6.45, 7) is -0.0154. The number of ether oxygens (including phenoxy) is 1. The van der Waals surface area contributed by atoms with Crippen molar-refractivity contribution in [3.63, 3.8) is 0 Å². The first kappa shape index (κ1) is 14.9. The molecule has 0 unspecified atom stereocenters. The monoisotopic (exact) mass is 283 g/mol. The third-order valence-electron chi connectivity index (χ3n) is 2.08. The smallest absolute Gasteiger partial charge is 0.383 e. The molecule has 8 heteroatoms. The van der Waals surface area contributed by atoms with Crippen molar-refractivity contribution in [1.29, 1.82) is 0 Å². The fourth-order valence-corrected chi connectivity index (χ4v) is 2.53. The lowest BCUT2D eigenvalue weighted by atomic mass is 10.2. The van der Waals surface area contributed by atoms with Crippen LogP contribution in [-0.4, -0.2) is 28.7 Å². The van der Waals surface area contributed by atoms with Crippen LogP contribution in [0.5, 0.6) is 0 Å². The zero-order chi connectivity index (χ0) is 13.8. The van der Waals surface area contributed by atoms with Crippen LogP contribution in [0.25, 0.3) is 0 Å². The van der Waals surface area contributed by atoms with Crippen molar-refractivity contribution in [2.24, 2.45) is 0 Å². The van der Waals surface area contributed by atoms with Crippen LogP contribution >= 0.6 is 0 Å². The third-order valence-corrected chi connectivity index (χ3v) is 3.60. The Bertz CT molecular complexity index is 499. The number of hydrogen-bond donors (Lipinski definition) is 1. The van der Waals surface area contributed by atoms with E-state index in [0.717, 1.165) is 18.2 Å². The summed E-state index contributed by atoms with van der Waals surface area (Å²) in [6.07, 6.45) is -4.72. The van der Waals surface area contributed by atoms with Gasteiger partial charge in [0, 0.05) is 13.7 Å². The molecule has 1 aromatic carbocycles. The van der Waals surface area contributed by atoms with Crippen LogP contribution in [0.4, 0.5) is 13.2 Å². The molecular weight excluding hydrogens is 271 g/mol. The summed E-state index contributed by atoms with van der Waals surface area (Å²) in [4.78, 5) is -0.784. The van der Waals surface area contributed by atoms with E-state index in [0.29, 0.717) is 0 Å². The van der Waals surface area contributed by atoms with Gasteiger partial charge in [-0.25, -0.2) is 13.1 Å². The van der Waals surface area contributed by atoms with E-state index < -0.39 is 26.7 Å². The molecule has 0 spiro atoms. The average molecular weight is 283 g/mol. The molecule has 1 N–H and O–H groups in total. The van der Waals surface area contributed by atoms with Crippen molar-refractivity contribution in [2.45, 2.75) is 11.1 Å². The van der Waals surface area contributed by atoms with Gasteiger partial charge >= 0.3 is 6.18 Å². The Labute approximate surface area is 103 Å². The summed E-state index contributed by atoms with van der Waals surface area (Å²) < 4.78 is 68.0. The van der Waals surface area contributed by atoms with Crippen LogP contribution in [0.1, 0.15) is 5.56 Å². The Balaban J connectivity index is 3.09. The molecule has 0 amide bonds. The molecule has 0 radical (unpaired) electrons. The summed E-state index contributed by atoms with van der Waals surface area (Å²) in [5.41, 5.74) is -1.19. The summed E-state index contributed by atoms with van der Waals surface area (Å²) in [5, 5.41) is 0.